The minimum atomic E-state index is -5.00. The van der Waals surface area contributed by atoms with Crippen LogP contribution in [0.25, 0.3) is 0 Å². The summed E-state index contributed by atoms with van der Waals surface area (Å²) in [6.45, 7) is 7.73. The maximum absolute atomic E-state index is 14.2. The number of alkyl halides is 6. The summed E-state index contributed by atoms with van der Waals surface area (Å²) in [5.74, 6) is -0.430. The number of hydrogen-bond acceptors (Lipinski definition) is 4. The first kappa shape index (κ1) is 35.4. The Balaban J connectivity index is 1.35. The molecule has 2 aromatic rings. The molecular weight excluding hydrogens is 629 g/mol. The molecule has 0 radical (unpaired) electrons. The fourth-order valence-electron chi connectivity index (χ4n) is 7.52. The zero-order valence-corrected chi connectivity index (χ0v) is 26.9. The lowest BCUT2D eigenvalue weighted by Gasteiger charge is -2.42. The van der Waals surface area contributed by atoms with Crippen LogP contribution in [0, 0.1) is 18.7 Å². The molecule has 0 saturated carbocycles. The molecule has 0 aromatic heterocycles. The van der Waals surface area contributed by atoms with E-state index in [2.05, 4.69) is 9.80 Å². The highest BCUT2D eigenvalue weighted by Crippen LogP contribution is 2.42. The molecule has 6 nitrogen and oxygen atoms in total. The van der Waals surface area contributed by atoms with Crippen LogP contribution in [0.1, 0.15) is 78.9 Å². The number of benzene rings is 2. The fourth-order valence-corrected chi connectivity index (χ4v) is 7.52. The summed E-state index contributed by atoms with van der Waals surface area (Å²) >= 11 is 0. The number of carbonyl (C=O) groups excluding carboxylic acids is 1. The lowest BCUT2D eigenvalue weighted by atomic mass is 9.89. The first-order valence-corrected chi connectivity index (χ1v) is 16.3. The number of aliphatic hydroxyl groups is 1. The summed E-state index contributed by atoms with van der Waals surface area (Å²) in [7, 11) is 1.38. The summed E-state index contributed by atoms with van der Waals surface area (Å²) < 4.78 is 95.6. The second-order valence-corrected chi connectivity index (χ2v) is 13.4. The van der Waals surface area contributed by atoms with Crippen LogP contribution < -0.4 is 0 Å². The van der Waals surface area contributed by atoms with Crippen LogP contribution in [-0.4, -0.2) is 89.2 Å². The van der Waals surface area contributed by atoms with Crippen molar-refractivity contribution in [3.05, 3.63) is 70.0 Å². The predicted octanol–water partition coefficient (Wildman–Crippen LogP) is 7.27. The number of likely N-dealkylation sites (tertiary alicyclic amines) is 3. The third-order valence-corrected chi connectivity index (χ3v) is 10.4. The van der Waals surface area contributed by atoms with Gasteiger partial charge in [-0.15, -0.1) is 0 Å². The van der Waals surface area contributed by atoms with Crippen molar-refractivity contribution in [2.45, 2.75) is 82.5 Å². The summed E-state index contributed by atoms with van der Waals surface area (Å²) in [5, 5.41) is 9.87. The van der Waals surface area contributed by atoms with Crippen LogP contribution in [0.15, 0.2) is 36.4 Å². The average molecular weight is 673 g/mol. The summed E-state index contributed by atoms with van der Waals surface area (Å²) in [5.41, 5.74) is -1.72. The van der Waals surface area contributed by atoms with Crippen LogP contribution >= 0.6 is 0 Å². The largest absolute Gasteiger partial charge is 0.416 e. The quantitative estimate of drug-likeness (QED) is 0.328. The topological polar surface area (TPSA) is 50.3 Å². The van der Waals surface area contributed by atoms with Crippen molar-refractivity contribution in [2.24, 2.45) is 5.92 Å². The van der Waals surface area contributed by atoms with Gasteiger partial charge in [-0.3, -0.25) is 0 Å². The second kappa shape index (κ2) is 13.9. The average Bonchev–Trinajstić information content (AvgIpc) is 3.42. The summed E-state index contributed by atoms with van der Waals surface area (Å²) in [6, 6.07) is 4.19. The molecule has 2 amide bonds. The number of aryl methyl sites for hydroxylation is 1. The number of piperidine rings is 2. The van der Waals surface area contributed by atoms with Crippen LogP contribution in [-0.2, 0) is 12.4 Å². The fraction of sp³-hybridized carbons (Fsp3) is 0.618. The van der Waals surface area contributed by atoms with Crippen molar-refractivity contribution in [2.75, 3.05) is 46.3 Å². The molecule has 3 saturated heterocycles. The molecule has 3 aliphatic heterocycles. The van der Waals surface area contributed by atoms with E-state index in [-0.39, 0.29) is 23.7 Å². The van der Waals surface area contributed by atoms with E-state index in [1.807, 2.05) is 0 Å². The van der Waals surface area contributed by atoms with Crippen molar-refractivity contribution in [1.29, 1.82) is 0 Å². The number of urea groups is 1. The van der Waals surface area contributed by atoms with Crippen molar-refractivity contribution in [3.8, 4) is 0 Å². The molecule has 47 heavy (non-hydrogen) atoms. The number of carbonyl (C=O) groups is 1. The molecule has 1 N–H and O–H groups in total. The molecule has 3 atom stereocenters. The number of amides is 2. The van der Waals surface area contributed by atoms with Gasteiger partial charge < -0.3 is 24.7 Å². The van der Waals surface area contributed by atoms with Gasteiger partial charge in [-0.05, 0) is 112 Å². The van der Waals surface area contributed by atoms with E-state index in [1.165, 1.54) is 31.0 Å². The number of aliphatic hydroxyl groups excluding tert-OH is 1. The lowest BCUT2D eigenvalue weighted by molar-refractivity contribution is -0.143. The first-order valence-electron chi connectivity index (χ1n) is 16.3. The molecule has 1 unspecified atom stereocenters. The van der Waals surface area contributed by atoms with Gasteiger partial charge in [0.2, 0.25) is 0 Å². The van der Waals surface area contributed by atoms with Gasteiger partial charge in [0.05, 0.1) is 29.3 Å². The Kier molecular flexibility index (Phi) is 10.5. The highest BCUT2D eigenvalue weighted by atomic mass is 19.4. The van der Waals surface area contributed by atoms with Crippen molar-refractivity contribution in [3.63, 3.8) is 0 Å². The molecule has 2 aromatic carbocycles. The van der Waals surface area contributed by atoms with E-state index in [1.54, 1.807) is 17.9 Å². The number of nitrogens with zero attached hydrogens (tertiary/aromatic N) is 4. The zero-order chi connectivity index (χ0) is 34.3. The Bertz CT molecular complexity index is 1370. The van der Waals surface area contributed by atoms with E-state index in [9.17, 15) is 40.6 Å². The number of rotatable bonds is 6. The Labute approximate surface area is 271 Å². The van der Waals surface area contributed by atoms with E-state index in [0.29, 0.717) is 43.2 Å². The van der Waals surface area contributed by atoms with Gasteiger partial charge in [0.25, 0.3) is 0 Å². The maximum Gasteiger partial charge on any atom is 0.416 e. The zero-order valence-electron chi connectivity index (χ0n) is 26.9. The molecule has 0 aliphatic carbocycles. The Morgan fingerprint density at radius 2 is 1.49 bits per heavy atom. The van der Waals surface area contributed by atoms with Crippen LogP contribution in [0.4, 0.5) is 35.5 Å². The van der Waals surface area contributed by atoms with Gasteiger partial charge >= 0.3 is 18.4 Å². The minimum Gasteiger partial charge on any atom is -0.393 e. The van der Waals surface area contributed by atoms with Gasteiger partial charge in [0.1, 0.15) is 5.82 Å². The van der Waals surface area contributed by atoms with Gasteiger partial charge in [0.15, 0.2) is 0 Å². The predicted molar refractivity (Wildman–Crippen MR) is 163 cm³/mol. The smallest absolute Gasteiger partial charge is 0.393 e. The molecule has 260 valence electrons. The van der Waals surface area contributed by atoms with E-state index in [0.717, 1.165) is 57.4 Å². The molecule has 3 heterocycles. The molecule has 0 spiro atoms. The van der Waals surface area contributed by atoms with Crippen LogP contribution in [0.5, 0.6) is 0 Å². The second-order valence-electron chi connectivity index (χ2n) is 13.4. The number of halogens is 7. The number of hydrogen-bond donors (Lipinski definition) is 1. The normalized spacial score (nSPS) is 23.3. The molecule has 3 aliphatic rings. The van der Waals surface area contributed by atoms with Crippen LogP contribution in [0.2, 0.25) is 0 Å². The Hall–Kier alpha value is -2.90. The van der Waals surface area contributed by atoms with Gasteiger partial charge in [-0.25, -0.2) is 9.18 Å². The van der Waals surface area contributed by atoms with Crippen LogP contribution in [0.3, 0.4) is 0 Å². The molecular formula is C34H43F7N4O2. The van der Waals surface area contributed by atoms with E-state index < -0.39 is 47.4 Å². The monoisotopic (exact) mass is 672 g/mol. The van der Waals surface area contributed by atoms with Crippen molar-refractivity contribution >= 4 is 6.03 Å². The lowest BCUT2D eigenvalue weighted by Crippen LogP contribution is -2.49. The molecule has 0 bridgehead atoms. The molecule has 5 rings (SSSR count). The SMILES string of the molecule is Cc1cc(F)ccc1C1[C@@H](CN2CCC(N3CCC(O)CC3)CC2)CCN1C(=O)N(C)[C@@H](C)c1cc(C(F)(F)F)cc(C(F)(F)F)c1. The summed E-state index contributed by atoms with van der Waals surface area (Å²) in [6.07, 6.45) is -6.04. The van der Waals surface area contributed by atoms with Gasteiger partial charge in [0, 0.05) is 39.3 Å². The van der Waals surface area contributed by atoms with Crippen molar-refractivity contribution in [1.82, 2.24) is 19.6 Å². The Morgan fingerprint density at radius 1 is 0.894 bits per heavy atom. The summed E-state index contributed by atoms with van der Waals surface area (Å²) in [4.78, 5) is 21.7. The Morgan fingerprint density at radius 3 is 2.04 bits per heavy atom. The maximum atomic E-state index is 14.2. The highest BCUT2D eigenvalue weighted by Gasteiger charge is 2.43. The van der Waals surface area contributed by atoms with Gasteiger partial charge in [-0.1, -0.05) is 6.07 Å². The van der Waals surface area contributed by atoms with E-state index >= 15 is 0 Å². The third-order valence-electron chi connectivity index (χ3n) is 10.4. The molecule has 3 fully saturated rings. The standard InChI is InChI=1S/C34H43F7N4O2/c1-21-16-27(35)4-5-30(21)31-23(20-43-11-7-28(8-12-43)44-13-9-29(46)10-14-44)6-15-45(31)32(47)42(3)22(2)24-17-25(33(36,37)38)19-26(18-24)34(39,40)41/h4-5,16-19,22-23,28-29,31,46H,6-15,20H2,1-3H3/t22-,23+,31?/m0/s1. The first-order chi connectivity index (χ1) is 22.0. The van der Waals surface area contributed by atoms with E-state index in [4.69, 9.17) is 0 Å². The molecule has 13 heteroatoms. The van der Waals surface area contributed by atoms with Gasteiger partial charge in [-0.2, -0.15) is 26.3 Å². The van der Waals surface area contributed by atoms with Crippen molar-refractivity contribution < 1.29 is 40.6 Å². The highest BCUT2D eigenvalue weighted by molar-refractivity contribution is 5.76. The minimum absolute atomic E-state index is 0.0149. The third kappa shape index (κ3) is 8.05.